The highest BCUT2D eigenvalue weighted by Crippen LogP contribution is 2.26. The third-order valence-electron chi connectivity index (χ3n) is 1.42. The molecule has 0 aliphatic rings. The second-order valence-corrected chi connectivity index (χ2v) is 3.62. The number of benzene rings is 1. The number of hydrogen-bond donors (Lipinski definition) is 1. The lowest BCUT2D eigenvalue weighted by molar-refractivity contribution is 1.30. The van der Waals surface area contributed by atoms with Crippen molar-refractivity contribution in [2.75, 3.05) is 0 Å². The minimum Gasteiger partial charge on any atom is -0.401 e. The fraction of sp³-hybridized carbons (Fsp3) is 0.100. The van der Waals surface area contributed by atoms with Gasteiger partial charge in [-0.2, -0.15) is 5.26 Å². The van der Waals surface area contributed by atoms with Crippen LogP contribution in [0.4, 0.5) is 0 Å². The maximum absolute atomic E-state index is 8.75. The van der Waals surface area contributed by atoms with E-state index in [1.54, 1.807) is 6.92 Å². The van der Waals surface area contributed by atoms with Crippen molar-refractivity contribution in [2.45, 2.75) is 11.8 Å². The Morgan fingerprint density at radius 3 is 2.46 bits per heavy atom. The molecule has 0 spiro atoms. The van der Waals surface area contributed by atoms with E-state index in [2.05, 4.69) is 6.07 Å². The number of nitrogens with zero attached hydrogens (tertiary/aromatic N) is 1. The molecular formula is C10H10N2S. The predicted octanol–water partition coefficient (Wildman–Crippen LogP) is 2.49. The summed E-state index contributed by atoms with van der Waals surface area (Å²) in [6, 6.07) is 11.8. The van der Waals surface area contributed by atoms with Gasteiger partial charge in [0.1, 0.15) is 11.0 Å². The van der Waals surface area contributed by atoms with Crippen molar-refractivity contribution in [3.8, 4) is 6.07 Å². The molecular weight excluding hydrogens is 180 g/mol. The first kappa shape index (κ1) is 9.69. The van der Waals surface area contributed by atoms with Crippen LogP contribution < -0.4 is 5.73 Å². The Labute approximate surface area is 82.1 Å². The number of allylic oxidation sites excluding steroid dienone is 2. The van der Waals surface area contributed by atoms with Crippen molar-refractivity contribution >= 4 is 11.8 Å². The lowest BCUT2D eigenvalue weighted by atomic mass is 10.4. The van der Waals surface area contributed by atoms with E-state index in [9.17, 15) is 0 Å². The van der Waals surface area contributed by atoms with Gasteiger partial charge in [-0.05, 0) is 19.1 Å². The van der Waals surface area contributed by atoms with Crippen LogP contribution in [0.2, 0.25) is 0 Å². The van der Waals surface area contributed by atoms with Gasteiger partial charge in [-0.15, -0.1) is 0 Å². The summed E-state index contributed by atoms with van der Waals surface area (Å²) in [6.07, 6.45) is 0. The van der Waals surface area contributed by atoms with E-state index in [0.29, 0.717) is 10.6 Å². The average Bonchev–Trinajstić information content (AvgIpc) is 2.15. The van der Waals surface area contributed by atoms with Crippen LogP contribution in [0.3, 0.4) is 0 Å². The summed E-state index contributed by atoms with van der Waals surface area (Å²) in [7, 11) is 0. The molecule has 0 saturated heterocycles. The molecule has 0 fully saturated rings. The van der Waals surface area contributed by atoms with Crippen LogP contribution in [0.1, 0.15) is 6.92 Å². The highest BCUT2D eigenvalue weighted by Gasteiger charge is 2.00. The third-order valence-corrected chi connectivity index (χ3v) is 2.55. The van der Waals surface area contributed by atoms with Gasteiger partial charge in [0.2, 0.25) is 0 Å². The lowest BCUT2D eigenvalue weighted by Gasteiger charge is -1.99. The summed E-state index contributed by atoms with van der Waals surface area (Å²) in [5.41, 5.74) is 6.10. The second-order valence-electron chi connectivity index (χ2n) is 2.54. The largest absolute Gasteiger partial charge is 0.401 e. The second kappa shape index (κ2) is 4.58. The Morgan fingerprint density at radius 1 is 1.38 bits per heavy atom. The molecule has 2 N–H and O–H groups in total. The number of nitrogens with two attached hydrogens (primary N) is 1. The van der Waals surface area contributed by atoms with Crippen LogP contribution in [0.15, 0.2) is 45.8 Å². The fourth-order valence-electron chi connectivity index (χ4n) is 0.798. The smallest absolute Gasteiger partial charge is 0.108 e. The predicted molar refractivity (Wildman–Crippen MR) is 54.8 cm³/mol. The van der Waals surface area contributed by atoms with Crippen molar-refractivity contribution in [1.29, 1.82) is 5.26 Å². The molecule has 0 unspecified atom stereocenters. The van der Waals surface area contributed by atoms with Gasteiger partial charge in [-0.1, -0.05) is 30.0 Å². The Morgan fingerprint density at radius 2 is 2.00 bits per heavy atom. The number of hydrogen-bond acceptors (Lipinski definition) is 3. The summed E-state index contributed by atoms with van der Waals surface area (Å²) in [6.45, 7) is 1.73. The maximum atomic E-state index is 8.75. The molecule has 1 aromatic carbocycles. The van der Waals surface area contributed by atoms with E-state index in [4.69, 9.17) is 11.0 Å². The molecule has 1 aromatic rings. The van der Waals surface area contributed by atoms with Gasteiger partial charge >= 0.3 is 0 Å². The fourth-order valence-corrected chi connectivity index (χ4v) is 1.53. The van der Waals surface area contributed by atoms with Crippen molar-refractivity contribution in [3.63, 3.8) is 0 Å². The van der Waals surface area contributed by atoms with Crippen molar-refractivity contribution < 1.29 is 0 Å². The van der Waals surface area contributed by atoms with E-state index in [-0.39, 0.29) is 0 Å². The highest BCUT2D eigenvalue weighted by atomic mass is 32.2. The molecule has 66 valence electrons. The quantitative estimate of drug-likeness (QED) is 0.575. The Kier molecular flexibility index (Phi) is 3.41. The van der Waals surface area contributed by atoms with Crippen LogP contribution in [0.5, 0.6) is 0 Å². The molecule has 0 aliphatic carbocycles. The van der Waals surface area contributed by atoms with Gasteiger partial charge in [0.15, 0.2) is 0 Å². The molecule has 0 amide bonds. The summed E-state index contributed by atoms with van der Waals surface area (Å²) < 4.78 is 0. The lowest BCUT2D eigenvalue weighted by Crippen LogP contribution is -1.93. The molecule has 3 heteroatoms. The Bertz CT molecular complexity index is 345. The molecule has 0 atom stereocenters. The normalized spacial score (nSPS) is 11.7. The zero-order valence-electron chi connectivity index (χ0n) is 7.32. The van der Waals surface area contributed by atoms with E-state index in [0.717, 1.165) is 4.90 Å². The van der Waals surface area contributed by atoms with E-state index < -0.39 is 0 Å². The molecule has 0 aliphatic heterocycles. The van der Waals surface area contributed by atoms with Gasteiger partial charge < -0.3 is 5.73 Å². The molecule has 1 rings (SSSR count). The van der Waals surface area contributed by atoms with Crippen LogP contribution in [0.25, 0.3) is 0 Å². The Balaban J connectivity index is 2.82. The monoisotopic (exact) mass is 190 g/mol. The van der Waals surface area contributed by atoms with E-state index in [1.807, 2.05) is 30.3 Å². The number of rotatable bonds is 2. The summed E-state index contributed by atoms with van der Waals surface area (Å²) in [5, 5.41) is 8.75. The van der Waals surface area contributed by atoms with Crippen molar-refractivity contribution in [3.05, 3.63) is 40.9 Å². The average molecular weight is 190 g/mol. The Hall–Kier alpha value is -1.40. The van der Waals surface area contributed by atoms with E-state index in [1.165, 1.54) is 11.8 Å². The van der Waals surface area contributed by atoms with Crippen LogP contribution in [-0.4, -0.2) is 0 Å². The van der Waals surface area contributed by atoms with Crippen molar-refractivity contribution in [2.24, 2.45) is 5.73 Å². The zero-order chi connectivity index (χ0) is 9.68. The molecule has 0 radical (unpaired) electrons. The first-order valence-corrected chi connectivity index (χ1v) is 4.65. The minimum absolute atomic E-state index is 0.561. The molecule has 2 nitrogen and oxygen atoms in total. The standard InChI is InChI=1S/C10H10N2S/c1-8(12)10(7-11)13-9-5-3-2-4-6-9/h2-6H,12H2,1H3/b10-8-. The molecule has 0 bridgehead atoms. The minimum atomic E-state index is 0.561. The van der Waals surface area contributed by atoms with Gasteiger partial charge in [-0.3, -0.25) is 0 Å². The van der Waals surface area contributed by atoms with Gasteiger partial charge in [0.05, 0.1) is 0 Å². The van der Waals surface area contributed by atoms with Gasteiger partial charge in [-0.25, -0.2) is 0 Å². The number of nitriles is 1. The first-order chi connectivity index (χ1) is 6.24. The molecule has 13 heavy (non-hydrogen) atoms. The van der Waals surface area contributed by atoms with Crippen molar-refractivity contribution in [1.82, 2.24) is 0 Å². The SMILES string of the molecule is C/C(N)=C(\C#N)Sc1ccccc1. The summed E-state index contributed by atoms with van der Waals surface area (Å²) in [4.78, 5) is 1.59. The molecule has 0 aromatic heterocycles. The van der Waals surface area contributed by atoms with Gasteiger partial charge in [0, 0.05) is 10.6 Å². The summed E-state index contributed by atoms with van der Waals surface area (Å²) >= 11 is 1.39. The van der Waals surface area contributed by atoms with Crippen LogP contribution in [-0.2, 0) is 0 Å². The highest BCUT2D eigenvalue weighted by molar-refractivity contribution is 8.03. The van der Waals surface area contributed by atoms with Crippen LogP contribution in [0, 0.1) is 11.3 Å². The first-order valence-electron chi connectivity index (χ1n) is 3.83. The third kappa shape index (κ3) is 2.85. The number of thioether (sulfide) groups is 1. The van der Waals surface area contributed by atoms with Crippen LogP contribution >= 0.6 is 11.8 Å². The zero-order valence-corrected chi connectivity index (χ0v) is 8.14. The summed E-state index contributed by atoms with van der Waals surface area (Å²) in [5.74, 6) is 0. The van der Waals surface area contributed by atoms with E-state index >= 15 is 0 Å². The molecule has 0 saturated carbocycles. The van der Waals surface area contributed by atoms with Gasteiger partial charge in [0.25, 0.3) is 0 Å². The molecule has 0 heterocycles. The topological polar surface area (TPSA) is 49.8 Å². The maximum Gasteiger partial charge on any atom is 0.108 e.